The number of alkyl halides is 2. The summed E-state index contributed by atoms with van der Waals surface area (Å²) in [6.45, 7) is 5.70. The first kappa shape index (κ1) is 26.2. The first-order valence-electron chi connectivity index (χ1n) is 12.8. The fourth-order valence-electron chi connectivity index (χ4n) is 5.07. The third kappa shape index (κ3) is 6.09. The zero-order valence-electron chi connectivity index (χ0n) is 21.3. The second-order valence-corrected chi connectivity index (χ2v) is 11.0. The van der Waals surface area contributed by atoms with Crippen LogP contribution in [0.25, 0.3) is 0 Å². The van der Waals surface area contributed by atoms with E-state index < -0.39 is 36.9 Å². The Balaban J connectivity index is 1.75. The average molecular weight is 499 g/mol. The Bertz CT molecular complexity index is 1050. The van der Waals surface area contributed by atoms with Crippen LogP contribution in [0, 0.1) is 0 Å². The van der Waals surface area contributed by atoms with E-state index in [2.05, 4.69) is 36.4 Å². The van der Waals surface area contributed by atoms with E-state index >= 15 is 0 Å². The standard InChI is InChI=1S/C28H36F2N4O2/c1-27(2,3)20-11-13-22(14-12-20)34(26(36)23-16-28(29,30)18-32-23)24(19-8-7-15-31-17-19)25(35)33-21-9-5-4-6-10-21/h7-8,11-15,17,21,23-24,32H,4-6,9-10,16,18H2,1-3H3,(H,33,35)/t23-,24?/m1/s1. The summed E-state index contributed by atoms with van der Waals surface area (Å²) in [6.07, 6.45) is 7.55. The van der Waals surface area contributed by atoms with E-state index in [4.69, 9.17) is 0 Å². The molecule has 6 nitrogen and oxygen atoms in total. The van der Waals surface area contributed by atoms with Crippen LogP contribution in [0.1, 0.15) is 76.5 Å². The van der Waals surface area contributed by atoms with Crippen LogP contribution in [0.3, 0.4) is 0 Å². The number of carbonyl (C=O) groups is 2. The molecule has 1 aliphatic carbocycles. The molecule has 194 valence electrons. The summed E-state index contributed by atoms with van der Waals surface area (Å²) in [5.41, 5.74) is 1.97. The van der Waals surface area contributed by atoms with Gasteiger partial charge in [-0.25, -0.2) is 8.78 Å². The predicted octanol–water partition coefficient (Wildman–Crippen LogP) is 4.90. The van der Waals surface area contributed by atoms with Gasteiger partial charge in [0.15, 0.2) is 0 Å². The molecule has 2 amide bonds. The first-order valence-corrected chi connectivity index (χ1v) is 12.8. The molecule has 4 rings (SSSR count). The van der Waals surface area contributed by atoms with E-state index in [-0.39, 0.29) is 17.4 Å². The minimum absolute atomic E-state index is 0.0274. The van der Waals surface area contributed by atoms with Crippen molar-refractivity contribution in [2.24, 2.45) is 0 Å². The number of carbonyl (C=O) groups excluding carboxylic acids is 2. The van der Waals surface area contributed by atoms with Gasteiger partial charge in [0.2, 0.25) is 11.8 Å². The fourth-order valence-corrected chi connectivity index (χ4v) is 5.07. The zero-order chi connectivity index (χ0) is 25.9. The third-order valence-corrected chi connectivity index (χ3v) is 7.12. The topological polar surface area (TPSA) is 74.3 Å². The summed E-state index contributed by atoms with van der Waals surface area (Å²) >= 11 is 0. The summed E-state index contributed by atoms with van der Waals surface area (Å²) in [6, 6.07) is 8.79. The van der Waals surface area contributed by atoms with Crippen LogP contribution >= 0.6 is 0 Å². The second-order valence-electron chi connectivity index (χ2n) is 11.0. The molecule has 2 fully saturated rings. The molecule has 36 heavy (non-hydrogen) atoms. The number of nitrogens with zero attached hydrogens (tertiary/aromatic N) is 2. The van der Waals surface area contributed by atoms with Gasteiger partial charge in [-0.1, -0.05) is 58.2 Å². The molecular weight excluding hydrogens is 462 g/mol. The number of halogens is 2. The van der Waals surface area contributed by atoms with Crippen LogP contribution in [-0.2, 0) is 15.0 Å². The van der Waals surface area contributed by atoms with Crippen molar-refractivity contribution in [2.45, 2.75) is 88.8 Å². The molecule has 2 atom stereocenters. The number of hydrogen-bond acceptors (Lipinski definition) is 4. The Hall–Kier alpha value is -2.87. The van der Waals surface area contributed by atoms with Crippen LogP contribution in [0.2, 0.25) is 0 Å². The van der Waals surface area contributed by atoms with E-state index in [9.17, 15) is 18.4 Å². The Morgan fingerprint density at radius 2 is 1.81 bits per heavy atom. The molecule has 1 aliphatic heterocycles. The summed E-state index contributed by atoms with van der Waals surface area (Å²) in [5, 5.41) is 5.81. The first-order chi connectivity index (χ1) is 17.0. The molecule has 0 spiro atoms. The van der Waals surface area contributed by atoms with Crippen molar-refractivity contribution >= 4 is 17.5 Å². The van der Waals surface area contributed by atoms with Gasteiger partial charge in [-0.05, 0) is 42.0 Å². The number of anilines is 1. The Labute approximate surface area is 211 Å². The molecule has 1 saturated carbocycles. The number of amides is 2. The minimum atomic E-state index is -2.98. The quantitative estimate of drug-likeness (QED) is 0.594. The van der Waals surface area contributed by atoms with Gasteiger partial charge in [-0.2, -0.15) is 0 Å². The highest BCUT2D eigenvalue weighted by Crippen LogP contribution is 2.34. The average Bonchev–Trinajstić information content (AvgIpc) is 3.22. The van der Waals surface area contributed by atoms with E-state index in [1.165, 1.54) is 4.90 Å². The summed E-state index contributed by atoms with van der Waals surface area (Å²) in [4.78, 5) is 33.2. The van der Waals surface area contributed by atoms with Crippen molar-refractivity contribution in [3.05, 3.63) is 59.9 Å². The van der Waals surface area contributed by atoms with Gasteiger partial charge in [0.1, 0.15) is 6.04 Å². The smallest absolute Gasteiger partial charge is 0.262 e. The van der Waals surface area contributed by atoms with Gasteiger partial charge in [0.25, 0.3) is 5.92 Å². The van der Waals surface area contributed by atoms with Crippen molar-refractivity contribution in [3.63, 3.8) is 0 Å². The largest absolute Gasteiger partial charge is 0.351 e. The lowest BCUT2D eigenvalue weighted by molar-refractivity contribution is -0.128. The Kier molecular flexibility index (Phi) is 7.73. The summed E-state index contributed by atoms with van der Waals surface area (Å²) in [5.74, 6) is -3.85. The van der Waals surface area contributed by atoms with Gasteiger partial charge in [-0.3, -0.25) is 24.8 Å². The Morgan fingerprint density at radius 1 is 1.11 bits per heavy atom. The van der Waals surface area contributed by atoms with Crippen molar-refractivity contribution in [1.29, 1.82) is 0 Å². The minimum Gasteiger partial charge on any atom is -0.351 e. The maximum absolute atomic E-state index is 14.1. The molecule has 8 heteroatoms. The maximum atomic E-state index is 14.1. The molecule has 2 aromatic rings. The third-order valence-electron chi connectivity index (χ3n) is 7.12. The predicted molar refractivity (Wildman–Crippen MR) is 136 cm³/mol. The number of aromatic nitrogens is 1. The molecule has 0 radical (unpaired) electrons. The van der Waals surface area contributed by atoms with Crippen molar-refractivity contribution in [1.82, 2.24) is 15.6 Å². The van der Waals surface area contributed by atoms with Gasteiger partial charge in [0, 0.05) is 36.1 Å². The normalized spacial score (nSPS) is 21.1. The highest BCUT2D eigenvalue weighted by atomic mass is 19.3. The number of benzene rings is 1. The molecule has 1 aromatic heterocycles. The van der Waals surface area contributed by atoms with Crippen LogP contribution < -0.4 is 15.5 Å². The Morgan fingerprint density at radius 3 is 2.36 bits per heavy atom. The monoisotopic (exact) mass is 498 g/mol. The second kappa shape index (κ2) is 10.6. The number of rotatable bonds is 6. The highest BCUT2D eigenvalue weighted by molar-refractivity contribution is 6.04. The van der Waals surface area contributed by atoms with Crippen molar-refractivity contribution in [3.8, 4) is 0 Å². The highest BCUT2D eigenvalue weighted by Gasteiger charge is 2.46. The van der Waals surface area contributed by atoms with E-state index in [1.54, 1.807) is 36.7 Å². The van der Waals surface area contributed by atoms with Crippen molar-refractivity contribution in [2.75, 3.05) is 11.4 Å². The van der Waals surface area contributed by atoms with Gasteiger partial charge in [-0.15, -0.1) is 0 Å². The SMILES string of the molecule is CC(C)(C)c1ccc(N(C(=O)[C@H]2CC(F)(F)CN2)C(C(=O)NC2CCCCC2)c2cccnc2)cc1. The summed E-state index contributed by atoms with van der Waals surface area (Å²) in [7, 11) is 0. The molecule has 2 heterocycles. The van der Waals surface area contributed by atoms with Crippen LogP contribution in [0.4, 0.5) is 14.5 Å². The van der Waals surface area contributed by atoms with Crippen molar-refractivity contribution < 1.29 is 18.4 Å². The maximum Gasteiger partial charge on any atom is 0.262 e. The molecule has 2 aliphatic rings. The molecule has 1 saturated heterocycles. The van der Waals surface area contributed by atoms with E-state index in [0.29, 0.717) is 11.3 Å². The molecule has 0 bridgehead atoms. The van der Waals surface area contributed by atoms with Gasteiger partial charge < -0.3 is 5.32 Å². The number of pyridine rings is 1. The summed E-state index contributed by atoms with van der Waals surface area (Å²) < 4.78 is 28.1. The van der Waals surface area contributed by atoms with Gasteiger partial charge in [0.05, 0.1) is 12.6 Å². The molecule has 2 N–H and O–H groups in total. The number of nitrogens with one attached hydrogen (secondary N) is 2. The lowest BCUT2D eigenvalue weighted by Crippen LogP contribution is -2.51. The van der Waals surface area contributed by atoms with Crippen LogP contribution in [-0.4, -0.2) is 41.3 Å². The fraction of sp³-hybridized carbons (Fsp3) is 0.536. The molecular formula is C28H36F2N4O2. The van der Waals surface area contributed by atoms with Crippen LogP contribution in [0.5, 0.6) is 0 Å². The molecule has 1 unspecified atom stereocenters. The lowest BCUT2D eigenvalue weighted by atomic mass is 9.87. The van der Waals surface area contributed by atoms with Crippen LogP contribution in [0.15, 0.2) is 48.8 Å². The van der Waals surface area contributed by atoms with E-state index in [0.717, 1.165) is 37.7 Å². The zero-order valence-corrected chi connectivity index (χ0v) is 21.3. The van der Waals surface area contributed by atoms with E-state index in [1.807, 2.05) is 12.1 Å². The molecule has 1 aromatic carbocycles. The van der Waals surface area contributed by atoms with Gasteiger partial charge >= 0.3 is 0 Å². The lowest BCUT2D eigenvalue weighted by Gasteiger charge is -2.35. The number of hydrogen-bond donors (Lipinski definition) is 2.